The number of nitrogens with zero attached hydrogens (tertiary/aromatic N) is 1. The van der Waals surface area contributed by atoms with Crippen LogP contribution in [0.15, 0.2) is 30.3 Å². The standard InChI is InChI=1S/C32H44N4O3/c1-3-26-27-8-4-5-9-28(27)34-30(26)32(38)35-29(17-12-23-10-11-23)31(37)33-22(2)24-13-15-25(16-14-24)39-21-20-36-18-6-7-19-36/h5,9,13-16,22-23,29,34H,3-4,6-8,10-12,17-21H2,1-2H3,(H,33,37)(H,35,38)/t22?,29-/m0/s1. The summed E-state index contributed by atoms with van der Waals surface area (Å²) in [5.41, 5.74) is 4.95. The number of allylic oxidation sites excluding steroid dienone is 1. The zero-order valence-corrected chi connectivity index (χ0v) is 23.6. The summed E-state index contributed by atoms with van der Waals surface area (Å²) in [7, 11) is 0. The number of nitrogens with one attached hydrogen (secondary N) is 3. The molecule has 39 heavy (non-hydrogen) atoms. The first-order valence-corrected chi connectivity index (χ1v) is 15.0. The summed E-state index contributed by atoms with van der Waals surface area (Å²) in [6.45, 7) is 8.07. The number of carbonyl (C=O) groups is 2. The average molecular weight is 533 g/mol. The molecule has 210 valence electrons. The second kappa shape index (κ2) is 12.9. The SMILES string of the molecule is CCc1c(C(=O)N[C@@H](CCC2CC2)C(=O)NC(C)c2ccc(OCCN3CCCC3)cc2)[nH]c2c1CCC=C2. The molecule has 7 heteroatoms. The van der Waals surface area contributed by atoms with Crippen LogP contribution in [0.25, 0.3) is 6.08 Å². The fourth-order valence-corrected chi connectivity index (χ4v) is 5.90. The van der Waals surface area contributed by atoms with Crippen LogP contribution in [0.2, 0.25) is 0 Å². The van der Waals surface area contributed by atoms with E-state index in [0.717, 1.165) is 54.8 Å². The van der Waals surface area contributed by atoms with Gasteiger partial charge in [-0.1, -0.05) is 38.0 Å². The normalized spacial score (nSPS) is 18.4. The molecule has 0 radical (unpaired) electrons. The van der Waals surface area contributed by atoms with Crippen molar-refractivity contribution in [2.75, 3.05) is 26.2 Å². The maximum Gasteiger partial charge on any atom is 0.268 e. The quantitative estimate of drug-likeness (QED) is 0.332. The number of aromatic nitrogens is 1. The van der Waals surface area contributed by atoms with E-state index in [9.17, 15) is 9.59 Å². The number of hydrogen-bond acceptors (Lipinski definition) is 4. The number of aromatic amines is 1. The number of amides is 2. The maximum absolute atomic E-state index is 13.4. The maximum atomic E-state index is 13.4. The topological polar surface area (TPSA) is 86.5 Å². The van der Waals surface area contributed by atoms with Crippen molar-refractivity contribution in [2.24, 2.45) is 5.92 Å². The smallest absolute Gasteiger partial charge is 0.268 e. The van der Waals surface area contributed by atoms with Crippen molar-refractivity contribution in [1.29, 1.82) is 0 Å². The van der Waals surface area contributed by atoms with Gasteiger partial charge in [0.05, 0.1) is 6.04 Å². The van der Waals surface area contributed by atoms with Crippen LogP contribution in [0.5, 0.6) is 5.75 Å². The molecule has 2 aliphatic carbocycles. The zero-order valence-electron chi connectivity index (χ0n) is 23.6. The Hall–Kier alpha value is -3.06. The van der Waals surface area contributed by atoms with Gasteiger partial charge in [0.25, 0.3) is 5.91 Å². The monoisotopic (exact) mass is 532 g/mol. The highest BCUT2D eigenvalue weighted by Crippen LogP contribution is 2.34. The Morgan fingerprint density at radius 3 is 2.62 bits per heavy atom. The van der Waals surface area contributed by atoms with Crippen LogP contribution < -0.4 is 15.4 Å². The predicted molar refractivity (Wildman–Crippen MR) is 155 cm³/mol. The van der Waals surface area contributed by atoms with Gasteiger partial charge in [0.15, 0.2) is 0 Å². The lowest BCUT2D eigenvalue weighted by atomic mass is 9.97. The Kier molecular flexibility index (Phi) is 9.07. The molecule has 1 aromatic carbocycles. The fourth-order valence-electron chi connectivity index (χ4n) is 5.90. The summed E-state index contributed by atoms with van der Waals surface area (Å²) >= 11 is 0. The number of H-pyrrole nitrogens is 1. The van der Waals surface area contributed by atoms with Gasteiger partial charge in [-0.3, -0.25) is 14.5 Å². The number of hydrogen-bond donors (Lipinski definition) is 3. The second-order valence-corrected chi connectivity index (χ2v) is 11.4. The van der Waals surface area contributed by atoms with Crippen LogP contribution in [0, 0.1) is 5.92 Å². The minimum absolute atomic E-state index is 0.128. The van der Waals surface area contributed by atoms with Gasteiger partial charge >= 0.3 is 0 Å². The van der Waals surface area contributed by atoms with Crippen molar-refractivity contribution in [1.82, 2.24) is 20.5 Å². The van der Waals surface area contributed by atoms with Crippen molar-refractivity contribution in [3.8, 4) is 5.75 Å². The lowest BCUT2D eigenvalue weighted by Gasteiger charge is -2.22. The summed E-state index contributed by atoms with van der Waals surface area (Å²) in [5, 5.41) is 6.23. The molecule has 3 aliphatic rings. The van der Waals surface area contributed by atoms with Crippen LogP contribution in [-0.2, 0) is 17.6 Å². The van der Waals surface area contributed by atoms with Gasteiger partial charge in [0, 0.05) is 12.2 Å². The number of benzene rings is 1. The third kappa shape index (κ3) is 7.13. The first-order chi connectivity index (χ1) is 19.0. The van der Waals surface area contributed by atoms with Crippen molar-refractivity contribution >= 4 is 17.9 Å². The number of likely N-dealkylation sites (tertiary alicyclic amines) is 1. The van der Waals surface area contributed by atoms with Gasteiger partial charge in [-0.2, -0.15) is 0 Å². The molecule has 3 N–H and O–H groups in total. The Balaban J connectivity index is 1.19. The average Bonchev–Trinajstić information content (AvgIpc) is 3.48. The highest BCUT2D eigenvalue weighted by Gasteiger charge is 2.29. The van der Waals surface area contributed by atoms with Gasteiger partial charge in [-0.15, -0.1) is 0 Å². The van der Waals surface area contributed by atoms with Crippen LogP contribution in [0.3, 0.4) is 0 Å². The predicted octanol–water partition coefficient (Wildman–Crippen LogP) is 5.18. The van der Waals surface area contributed by atoms with E-state index in [4.69, 9.17) is 4.74 Å². The van der Waals surface area contributed by atoms with E-state index in [2.05, 4.69) is 39.6 Å². The largest absolute Gasteiger partial charge is 0.492 e. The molecule has 1 unspecified atom stereocenters. The molecule has 0 spiro atoms. The molecular formula is C32H44N4O3. The molecule has 2 atom stereocenters. The summed E-state index contributed by atoms with van der Waals surface area (Å²) < 4.78 is 5.93. The fraction of sp³-hybridized carbons (Fsp3) is 0.562. The molecular weight excluding hydrogens is 488 g/mol. The minimum atomic E-state index is -0.561. The van der Waals surface area contributed by atoms with E-state index in [1.807, 2.05) is 31.2 Å². The van der Waals surface area contributed by atoms with Crippen LogP contribution in [0.4, 0.5) is 0 Å². The number of fused-ring (bicyclic) bond motifs is 1. The minimum Gasteiger partial charge on any atom is -0.492 e. The number of ether oxygens (including phenoxy) is 1. The zero-order chi connectivity index (χ0) is 27.2. The van der Waals surface area contributed by atoms with E-state index in [-0.39, 0.29) is 17.9 Å². The van der Waals surface area contributed by atoms with Crippen molar-refractivity contribution in [3.63, 3.8) is 0 Å². The first-order valence-electron chi connectivity index (χ1n) is 15.0. The Labute approximate surface area is 232 Å². The van der Waals surface area contributed by atoms with E-state index in [1.165, 1.54) is 44.3 Å². The Bertz CT molecular complexity index is 1160. The first kappa shape index (κ1) is 27.5. The van der Waals surface area contributed by atoms with Crippen molar-refractivity contribution in [3.05, 3.63) is 58.4 Å². The van der Waals surface area contributed by atoms with Gasteiger partial charge in [-0.05, 0) is 106 Å². The summed E-state index contributed by atoms with van der Waals surface area (Å²) in [4.78, 5) is 32.6. The Morgan fingerprint density at radius 2 is 1.90 bits per heavy atom. The molecule has 5 rings (SSSR count). The lowest BCUT2D eigenvalue weighted by molar-refractivity contribution is -0.123. The van der Waals surface area contributed by atoms with Gasteiger partial charge in [0.2, 0.25) is 5.91 Å². The number of rotatable bonds is 13. The van der Waals surface area contributed by atoms with E-state index < -0.39 is 6.04 Å². The Morgan fingerprint density at radius 1 is 1.13 bits per heavy atom. The highest BCUT2D eigenvalue weighted by atomic mass is 16.5. The lowest BCUT2D eigenvalue weighted by Crippen LogP contribution is -2.47. The summed E-state index contributed by atoms with van der Waals surface area (Å²) in [6, 6.07) is 7.24. The molecule has 1 aromatic heterocycles. The van der Waals surface area contributed by atoms with Crippen LogP contribution in [0.1, 0.15) is 97.7 Å². The molecule has 1 saturated carbocycles. The molecule has 0 bridgehead atoms. The molecule has 2 fully saturated rings. The van der Waals surface area contributed by atoms with E-state index >= 15 is 0 Å². The highest BCUT2D eigenvalue weighted by molar-refractivity contribution is 5.98. The van der Waals surface area contributed by atoms with Crippen LogP contribution in [-0.4, -0.2) is 54.0 Å². The van der Waals surface area contributed by atoms with E-state index in [0.29, 0.717) is 24.6 Å². The molecule has 2 aromatic rings. The summed E-state index contributed by atoms with van der Waals surface area (Å²) in [5.74, 6) is 1.22. The van der Waals surface area contributed by atoms with Gasteiger partial charge < -0.3 is 20.4 Å². The van der Waals surface area contributed by atoms with Gasteiger partial charge in [-0.25, -0.2) is 0 Å². The van der Waals surface area contributed by atoms with E-state index in [1.54, 1.807) is 0 Å². The third-order valence-corrected chi connectivity index (χ3v) is 8.47. The second-order valence-electron chi connectivity index (χ2n) is 11.4. The molecule has 2 amide bonds. The molecule has 1 saturated heterocycles. The molecule has 1 aliphatic heterocycles. The van der Waals surface area contributed by atoms with Gasteiger partial charge in [0.1, 0.15) is 24.1 Å². The molecule has 7 nitrogen and oxygen atoms in total. The van der Waals surface area contributed by atoms with Crippen molar-refractivity contribution in [2.45, 2.75) is 83.7 Å². The summed E-state index contributed by atoms with van der Waals surface area (Å²) in [6.07, 6.45) is 13.6. The van der Waals surface area contributed by atoms with Crippen molar-refractivity contribution < 1.29 is 14.3 Å². The van der Waals surface area contributed by atoms with Crippen LogP contribution >= 0.6 is 0 Å². The molecule has 2 heterocycles. The third-order valence-electron chi connectivity index (χ3n) is 8.47. The number of carbonyl (C=O) groups excluding carboxylic acids is 2.